The van der Waals surface area contributed by atoms with E-state index in [9.17, 15) is 4.79 Å². The molecule has 1 aromatic carbocycles. The predicted molar refractivity (Wildman–Crippen MR) is 84.3 cm³/mol. The van der Waals surface area contributed by atoms with Crippen LogP contribution >= 0.6 is 0 Å². The molecule has 0 aliphatic carbocycles. The molecule has 110 valence electrons. The van der Waals surface area contributed by atoms with Crippen molar-refractivity contribution in [3.63, 3.8) is 0 Å². The summed E-state index contributed by atoms with van der Waals surface area (Å²) < 4.78 is 5.39. The first-order valence-corrected chi connectivity index (χ1v) is 7.06. The number of aromatic nitrogens is 1. The normalized spacial score (nSPS) is 10.4. The standard InChI is InChI=1S/C18H16N2O2/c1-13-5-2-6-14(11-13)18(21)20-12-15-7-3-9-19-17(15)16-8-4-10-22-16/h2-11H,12H2,1H3,(H,20,21). The van der Waals surface area contributed by atoms with Gasteiger partial charge in [0, 0.05) is 23.9 Å². The Morgan fingerprint density at radius 2 is 2.09 bits per heavy atom. The smallest absolute Gasteiger partial charge is 0.251 e. The average Bonchev–Trinajstić information content (AvgIpc) is 3.07. The Bertz CT molecular complexity index is 779. The maximum atomic E-state index is 12.2. The molecule has 1 amide bonds. The van der Waals surface area contributed by atoms with Crippen LogP contribution in [0.15, 0.2) is 65.4 Å². The first-order chi connectivity index (χ1) is 10.7. The Balaban J connectivity index is 1.76. The minimum atomic E-state index is -0.0991. The van der Waals surface area contributed by atoms with Crippen molar-refractivity contribution < 1.29 is 9.21 Å². The van der Waals surface area contributed by atoms with Crippen LogP contribution in [0.2, 0.25) is 0 Å². The Morgan fingerprint density at radius 3 is 2.86 bits per heavy atom. The van der Waals surface area contributed by atoms with Crippen LogP contribution < -0.4 is 5.32 Å². The molecule has 0 unspecified atom stereocenters. The topological polar surface area (TPSA) is 55.1 Å². The fourth-order valence-corrected chi connectivity index (χ4v) is 2.28. The van der Waals surface area contributed by atoms with E-state index in [0.29, 0.717) is 17.9 Å². The van der Waals surface area contributed by atoms with Crippen LogP contribution in [0.5, 0.6) is 0 Å². The quantitative estimate of drug-likeness (QED) is 0.799. The zero-order valence-corrected chi connectivity index (χ0v) is 12.2. The van der Waals surface area contributed by atoms with Crippen LogP contribution in [0.4, 0.5) is 0 Å². The van der Waals surface area contributed by atoms with Gasteiger partial charge in [-0.15, -0.1) is 0 Å². The van der Waals surface area contributed by atoms with Crippen LogP contribution in [-0.2, 0) is 6.54 Å². The van der Waals surface area contributed by atoms with E-state index in [4.69, 9.17) is 4.42 Å². The summed E-state index contributed by atoms with van der Waals surface area (Å²) in [5.41, 5.74) is 3.38. The number of carbonyl (C=O) groups is 1. The highest BCUT2D eigenvalue weighted by molar-refractivity contribution is 5.94. The van der Waals surface area contributed by atoms with Gasteiger partial charge in [-0.3, -0.25) is 9.78 Å². The summed E-state index contributed by atoms with van der Waals surface area (Å²) in [6.07, 6.45) is 3.32. The van der Waals surface area contributed by atoms with Crippen molar-refractivity contribution >= 4 is 5.91 Å². The van der Waals surface area contributed by atoms with Crippen molar-refractivity contribution in [3.8, 4) is 11.5 Å². The van der Waals surface area contributed by atoms with Gasteiger partial charge >= 0.3 is 0 Å². The van der Waals surface area contributed by atoms with E-state index < -0.39 is 0 Å². The van der Waals surface area contributed by atoms with Crippen LogP contribution in [0.1, 0.15) is 21.5 Å². The van der Waals surface area contributed by atoms with Gasteiger partial charge in [0.25, 0.3) is 5.91 Å². The highest BCUT2D eigenvalue weighted by atomic mass is 16.3. The third-order valence-electron chi connectivity index (χ3n) is 3.37. The molecule has 22 heavy (non-hydrogen) atoms. The lowest BCUT2D eigenvalue weighted by atomic mass is 10.1. The number of nitrogens with one attached hydrogen (secondary N) is 1. The molecule has 0 fully saturated rings. The second kappa shape index (κ2) is 6.26. The van der Waals surface area contributed by atoms with Crippen molar-refractivity contribution in [1.29, 1.82) is 0 Å². The summed E-state index contributed by atoms with van der Waals surface area (Å²) in [6.45, 7) is 2.36. The molecule has 0 bridgehead atoms. The third-order valence-corrected chi connectivity index (χ3v) is 3.37. The first-order valence-electron chi connectivity index (χ1n) is 7.06. The second-order valence-electron chi connectivity index (χ2n) is 5.04. The molecule has 1 N–H and O–H groups in total. The predicted octanol–water partition coefficient (Wildman–Crippen LogP) is 3.58. The minimum Gasteiger partial charge on any atom is -0.463 e. The molecule has 0 saturated carbocycles. The Kier molecular flexibility index (Phi) is 4.01. The Morgan fingerprint density at radius 1 is 1.18 bits per heavy atom. The number of aryl methyl sites for hydroxylation is 1. The van der Waals surface area contributed by atoms with Gasteiger partial charge in [0.2, 0.25) is 0 Å². The van der Waals surface area contributed by atoms with Gasteiger partial charge in [-0.1, -0.05) is 23.8 Å². The van der Waals surface area contributed by atoms with Gasteiger partial charge in [-0.25, -0.2) is 0 Å². The largest absolute Gasteiger partial charge is 0.463 e. The van der Waals surface area contributed by atoms with Crippen molar-refractivity contribution in [2.24, 2.45) is 0 Å². The van der Waals surface area contributed by atoms with Gasteiger partial charge < -0.3 is 9.73 Å². The summed E-state index contributed by atoms with van der Waals surface area (Å²) in [7, 11) is 0. The van der Waals surface area contributed by atoms with Gasteiger partial charge in [-0.2, -0.15) is 0 Å². The van der Waals surface area contributed by atoms with Gasteiger partial charge in [-0.05, 0) is 37.3 Å². The summed E-state index contributed by atoms with van der Waals surface area (Å²) in [4.78, 5) is 16.6. The molecular weight excluding hydrogens is 276 g/mol. The molecule has 0 radical (unpaired) electrons. The Hall–Kier alpha value is -2.88. The number of nitrogens with zero attached hydrogens (tertiary/aromatic N) is 1. The number of amides is 1. The second-order valence-corrected chi connectivity index (χ2v) is 5.04. The molecule has 3 aromatic rings. The Labute approximate surface area is 128 Å². The number of carbonyl (C=O) groups excluding carboxylic acids is 1. The van der Waals surface area contributed by atoms with Crippen LogP contribution in [0.25, 0.3) is 11.5 Å². The van der Waals surface area contributed by atoms with E-state index in [1.165, 1.54) is 0 Å². The van der Waals surface area contributed by atoms with Crippen molar-refractivity contribution in [3.05, 3.63) is 77.7 Å². The fraction of sp³-hybridized carbons (Fsp3) is 0.111. The van der Waals surface area contributed by atoms with Gasteiger partial charge in [0.15, 0.2) is 5.76 Å². The van der Waals surface area contributed by atoms with E-state index in [0.717, 1.165) is 16.8 Å². The maximum Gasteiger partial charge on any atom is 0.251 e. The summed E-state index contributed by atoms with van der Waals surface area (Å²) in [6, 6.07) is 15.0. The molecule has 0 spiro atoms. The van der Waals surface area contributed by atoms with Crippen molar-refractivity contribution in [2.45, 2.75) is 13.5 Å². The molecule has 3 rings (SSSR count). The molecular formula is C18H16N2O2. The monoisotopic (exact) mass is 292 g/mol. The maximum absolute atomic E-state index is 12.2. The number of furan rings is 1. The minimum absolute atomic E-state index is 0.0991. The summed E-state index contributed by atoms with van der Waals surface area (Å²) in [5, 5.41) is 2.92. The van der Waals surface area contributed by atoms with E-state index in [1.54, 1.807) is 18.5 Å². The lowest BCUT2D eigenvalue weighted by Crippen LogP contribution is -2.23. The van der Waals surface area contributed by atoms with Crippen LogP contribution in [0, 0.1) is 6.92 Å². The van der Waals surface area contributed by atoms with Crippen molar-refractivity contribution in [1.82, 2.24) is 10.3 Å². The highest BCUT2D eigenvalue weighted by Crippen LogP contribution is 2.21. The van der Waals surface area contributed by atoms with Crippen LogP contribution in [-0.4, -0.2) is 10.9 Å². The lowest BCUT2D eigenvalue weighted by molar-refractivity contribution is 0.0951. The van der Waals surface area contributed by atoms with Gasteiger partial charge in [0.1, 0.15) is 5.69 Å². The molecule has 4 heteroatoms. The van der Waals surface area contributed by atoms with Crippen molar-refractivity contribution in [2.75, 3.05) is 0 Å². The fourth-order valence-electron chi connectivity index (χ4n) is 2.28. The molecule has 2 heterocycles. The highest BCUT2D eigenvalue weighted by Gasteiger charge is 2.11. The molecule has 0 aliphatic rings. The lowest BCUT2D eigenvalue weighted by Gasteiger charge is -2.08. The zero-order valence-electron chi connectivity index (χ0n) is 12.2. The van der Waals surface area contributed by atoms with E-state index >= 15 is 0 Å². The molecule has 4 nitrogen and oxygen atoms in total. The average molecular weight is 292 g/mol. The van der Waals surface area contributed by atoms with E-state index in [1.807, 2.05) is 49.4 Å². The number of rotatable bonds is 4. The molecule has 2 aromatic heterocycles. The number of pyridine rings is 1. The number of hydrogen-bond acceptors (Lipinski definition) is 3. The molecule has 0 saturated heterocycles. The third kappa shape index (κ3) is 3.06. The van der Waals surface area contributed by atoms with Gasteiger partial charge in [0.05, 0.1) is 6.26 Å². The summed E-state index contributed by atoms with van der Waals surface area (Å²) >= 11 is 0. The SMILES string of the molecule is Cc1cccc(C(=O)NCc2cccnc2-c2ccco2)c1. The first kappa shape index (κ1) is 14.1. The van der Waals surface area contributed by atoms with E-state index in [-0.39, 0.29) is 5.91 Å². The zero-order chi connectivity index (χ0) is 15.4. The number of benzene rings is 1. The number of hydrogen-bond donors (Lipinski definition) is 1. The van der Waals surface area contributed by atoms with E-state index in [2.05, 4.69) is 10.3 Å². The molecule has 0 aliphatic heterocycles. The van der Waals surface area contributed by atoms with Crippen LogP contribution in [0.3, 0.4) is 0 Å². The summed E-state index contributed by atoms with van der Waals surface area (Å²) in [5.74, 6) is 0.596. The molecule has 0 atom stereocenters.